The molecule has 1 aromatic carbocycles. The summed E-state index contributed by atoms with van der Waals surface area (Å²) in [6.07, 6.45) is -1.09. The van der Waals surface area contributed by atoms with Crippen molar-refractivity contribution in [2.75, 3.05) is 12.8 Å². The van der Waals surface area contributed by atoms with Crippen LogP contribution in [-0.2, 0) is 23.4 Å². The van der Waals surface area contributed by atoms with E-state index < -0.39 is 25.8 Å². The molecule has 0 bridgehead atoms. The zero-order valence-corrected chi connectivity index (χ0v) is 12.2. The third kappa shape index (κ3) is 5.15. The molecule has 20 heavy (non-hydrogen) atoms. The van der Waals surface area contributed by atoms with Crippen LogP contribution in [0.5, 0.6) is 5.75 Å². The second kappa shape index (κ2) is 7.82. The Balaban J connectivity index is 2.78. The second-order valence-corrected chi connectivity index (χ2v) is 5.84. The number of ether oxygens (including phenoxy) is 1. The number of para-hydroxylation sites is 1. The van der Waals surface area contributed by atoms with Gasteiger partial charge in [-0.1, -0.05) is 18.2 Å². The van der Waals surface area contributed by atoms with Crippen LogP contribution >= 0.6 is 7.60 Å². The predicted octanol–water partition coefficient (Wildman–Crippen LogP) is 2.43. The Hall–Kier alpha value is -1.65. The van der Waals surface area contributed by atoms with Gasteiger partial charge in [-0.2, -0.15) is 0 Å². The van der Waals surface area contributed by atoms with Gasteiger partial charge in [-0.05, 0) is 26.0 Å². The average molecular weight is 300 g/mol. The molecular weight excluding hydrogens is 283 g/mol. The van der Waals surface area contributed by atoms with Gasteiger partial charge < -0.3 is 14.1 Å². The number of aldehydes is 1. The summed E-state index contributed by atoms with van der Waals surface area (Å²) in [6, 6.07) is 8.30. The van der Waals surface area contributed by atoms with Crippen LogP contribution < -0.4 is 4.52 Å². The molecule has 110 valence electrons. The highest BCUT2D eigenvalue weighted by molar-refractivity contribution is 7.55. The molecule has 6 nitrogen and oxygen atoms in total. The molecule has 0 heterocycles. The smallest absolute Gasteiger partial charge is 0.387 e. The first-order chi connectivity index (χ1) is 9.50. The molecule has 0 saturated carbocycles. The fourth-order valence-electron chi connectivity index (χ4n) is 1.38. The Morgan fingerprint density at radius 1 is 1.35 bits per heavy atom. The highest BCUT2D eigenvalue weighted by Crippen LogP contribution is 2.48. The zero-order chi connectivity index (χ0) is 15.0. The Morgan fingerprint density at radius 3 is 2.55 bits per heavy atom. The summed E-state index contributed by atoms with van der Waals surface area (Å²) in [5.74, 6) is -0.357. The van der Waals surface area contributed by atoms with Gasteiger partial charge in [0.25, 0.3) is 0 Å². The lowest BCUT2D eigenvalue weighted by Gasteiger charge is -2.20. The van der Waals surface area contributed by atoms with Gasteiger partial charge in [0.05, 0.1) is 6.61 Å². The lowest BCUT2D eigenvalue weighted by Crippen LogP contribution is -2.24. The first-order valence-corrected chi connectivity index (χ1v) is 7.86. The molecule has 0 saturated heterocycles. The number of benzene rings is 1. The summed E-state index contributed by atoms with van der Waals surface area (Å²) >= 11 is 0. The molecule has 2 atom stereocenters. The summed E-state index contributed by atoms with van der Waals surface area (Å²) in [7, 11) is -3.74. The predicted molar refractivity (Wildman–Crippen MR) is 72.8 cm³/mol. The van der Waals surface area contributed by atoms with Crippen LogP contribution in [-0.4, -0.2) is 31.1 Å². The number of hydrogen-bond acceptors (Lipinski definition) is 6. The molecule has 0 aliphatic heterocycles. The Kier molecular flexibility index (Phi) is 6.42. The van der Waals surface area contributed by atoms with E-state index in [1.807, 2.05) is 0 Å². The quantitative estimate of drug-likeness (QED) is 0.417. The highest BCUT2D eigenvalue weighted by atomic mass is 31.2. The van der Waals surface area contributed by atoms with Gasteiger partial charge in [-0.25, -0.2) is 9.36 Å². The molecule has 0 aliphatic carbocycles. The van der Waals surface area contributed by atoms with Crippen molar-refractivity contribution in [2.24, 2.45) is 0 Å². The van der Waals surface area contributed by atoms with Crippen LogP contribution in [0.4, 0.5) is 0 Å². The third-order valence-corrected chi connectivity index (χ3v) is 3.95. The number of esters is 1. The first-order valence-electron chi connectivity index (χ1n) is 6.13. The van der Waals surface area contributed by atoms with Crippen LogP contribution in [0, 0.1) is 0 Å². The molecule has 1 rings (SSSR count). The Bertz CT molecular complexity index is 487. The molecule has 0 amide bonds. The first kappa shape index (κ1) is 16.4. The van der Waals surface area contributed by atoms with E-state index in [1.54, 1.807) is 37.3 Å². The lowest BCUT2D eigenvalue weighted by atomic mass is 10.3. The topological polar surface area (TPSA) is 78.9 Å². The van der Waals surface area contributed by atoms with Crippen LogP contribution in [0.15, 0.2) is 30.3 Å². The van der Waals surface area contributed by atoms with Crippen molar-refractivity contribution in [3.05, 3.63) is 30.3 Å². The number of hydrogen-bond donors (Lipinski definition) is 0. The maximum absolute atomic E-state index is 12.4. The molecule has 0 aliphatic rings. The maximum Gasteiger partial charge on any atom is 0.387 e. The summed E-state index contributed by atoms with van der Waals surface area (Å²) < 4.78 is 27.5. The summed E-state index contributed by atoms with van der Waals surface area (Å²) in [5.41, 5.74) is 0. The van der Waals surface area contributed by atoms with E-state index in [0.717, 1.165) is 0 Å². The normalized spacial score (nSPS) is 14.9. The number of carbonyl (C=O) groups is 2. The molecule has 7 heteroatoms. The van der Waals surface area contributed by atoms with Gasteiger partial charge in [-0.3, -0.25) is 4.52 Å². The largest absolute Gasteiger partial charge is 0.464 e. The lowest BCUT2D eigenvalue weighted by molar-refractivity contribution is -0.150. The fraction of sp³-hybridized carbons (Fsp3) is 0.385. The Labute approximate surface area is 117 Å². The molecule has 1 aromatic rings. The van der Waals surface area contributed by atoms with Gasteiger partial charge in [0.2, 0.25) is 0 Å². The molecule has 0 radical (unpaired) electrons. The minimum absolute atomic E-state index is 0.185. The SMILES string of the molecule is CCOC(=O)[C@@H](C)OP(=O)(CC=O)Oc1ccccc1. The average Bonchev–Trinajstić information content (AvgIpc) is 2.40. The Morgan fingerprint density at radius 2 is 2.00 bits per heavy atom. The van der Waals surface area contributed by atoms with Crippen molar-refractivity contribution in [3.63, 3.8) is 0 Å². The van der Waals surface area contributed by atoms with E-state index in [2.05, 4.69) is 0 Å². The summed E-state index contributed by atoms with van der Waals surface area (Å²) in [6.45, 7) is 3.23. The van der Waals surface area contributed by atoms with Gasteiger partial charge in [0.15, 0.2) is 6.10 Å². The second-order valence-electron chi connectivity index (χ2n) is 3.86. The van der Waals surface area contributed by atoms with E-state index in [4.69, 9.17) is 13.8 Å². The van der Waals surface area contributed by atoms with E-state index in [9.17, 15) is 14.2 Å². The minimum atomic E-state index is -3.74. The van der Waals surface area contributed by atoms with Crippen LogP contribution in [0.3, 0.4) is 0 Å². The van der Waals surface area contributed by atoms with Crippen molar-refractivity contribution in [1.29, 1.82) is 0 Å². The van der Waals surface area contributed by atoms with E-state index in [-0.39, 0.29) is 6.61 Å². The molecule has 0 aromatic heterocycles. The molecule has 0 N–H and O–H groups in total. The summed E-state index contributed by atoms with van der Waals surface area (Å²) in [4.78, 5) is 22.1. The molecule has 1 unspecified atom stereocenters. The van der Waals surface area contributed by atoms with Crippen molar-refractivity contribution < 1.29 is 27.9 Å². The van der Waals surface area contributed by atoms with Gasteiger partial charge in [0.1, 0.15) is 18.2 Å². The van der Waals surface area contributed by atoms with Crippen molar-refractivity contribution in [2.45, 2.75) is 20.0 Å². The van der Waals surface area contributed by atoms with E-state index in [1.165, 1.54) is 6.92 Å². The highest BCUT2D eigenvalue weighted by Gasteiger charge is 2.32. The molecular formula is C13H17O6P. The van der Waals surface area contributed by atoms with Crippen LogP contribution in [0.25, 0.3) is 0 Å². The maximum atomic E-state index is 12.4. The number of rotatable bonds is 8. The van der Waals surface area contributed by atoms with E-state index >= 15 is 0 Å². The fourth-order valence-corrected chi connectivity index (χ4v) is 2.78. The third-order valence-electron chi connectivity index (χ3n) is 2.22. The zero-order valence-electron chi connectivity index (χ0n) is 11.4. The van der Waals surface area contributed by atoms with E-state index in [0.29, 0.717) is 12.0 Å². The van der Waals surface area contributed by atoms with Crippen LogP contribution in [0.1, 0.15) is 13.8 Å². The summed E-state index contributed by atoms with van der Waals surface area (Å²) in [5, 5.41) is 0. The van der Waals surface area contributed by atoms with Gasteiger partial charge >= 0.3 is 13.6 Å². The van der Waals surface area contributed by atoms with Gasteiger partial charge in [0, 0.05) is 0 Å². The standard InChI is InChI=1S/C13H17O6P/c1-3-17-13(15)11(2)18-20(16,10-9-14)19-12-7-5-4-6-8-12/h4-9,11H,3,10H2,1-2H3/t11-,20?/m1/s1. The van der Waals surface area contributed by atoms with Crippen molar-refractivity contribution in [1.82, 2.24) is 0 Å². The van der Waals surface area contributed by atoms with Crippen molar-refractivity contribution in [3.8, 4) is 5.75 Å². The monoisotopic (exact) mass is 300 g/mol. The van der Waals surface area contributed by atoms with Crippen molar-refractivity contribution >= 4 is 19.9 Å². The van der Waals surface area contributed by atoms with Gasteiger partial charge in [-0.15, -0.1) is 0 Å². The molecule has 0 spiro atoms. The van der Waals surface area contributed by atoms with Crippen LogP contribution in [0.2, 0.25) is 0 Å². The minimum Gasteiger partial charge on any atom is -0.464 e. The molecule has 0 fully saturated rings. The number of carbonyl (C=O) groups excluding carboxylic acids is 2.